The number of nitrogens with one attached hydrogen (secondary N) is 1. The summed E-state index contributed by atoms with van der Waals surface area (Å²) in [7, 11) is 0. The number of amides is 2. The van der Waals surface area contributed by atoms with Gasteiger partial charge in [-0.3, -0.25) is 39.2 Å². The van der Waals surface area contributed by atoms with Gasteiger partial charge in [-0.15, -0.1) is 0 Å². The lowest BCUT2D eigenvalue weighted by Gasteiger charge is -2.40. The van der Waals surface area contributed by atoms with Gasteiger partial charge in [-0.25, -0.2) is 0 Å². The molecular formula is C40H40F6N10O3. The van der Waals surface area contributed by atoms with Gasteiger partial charge in [-0.1, -0.05) is 0 Å². The van der Waals surface area contributed by atoms with Crippen LogP contribution in [-0.2, 0) is 41.3 Å². The third-order valence-electron chi connectivity index (χ3n) is 9.30. The van der Waals surface area contributed by atoms with Crippen molar-refractivity contribution < 1.29 is 40.7 Å². The summed E-state index contributed by atoms with van der Waals surface area (Å²) in [6.07, 6.45) is 2.08. The summed E-state index contributed by atoms with van der Waals surface area (Å²) in [5.41, 5.74) is 0.407. The molecule has 310 valence electrons. The third kappa shape index (κ3) is 13.4. The maximum atomic E-state index is 13.2. The van der Waals surface area contributed by atoms with E-state index < -0.39 is 29.0 Å². The van der Waals surface area contributed by atoms with E-state index in [0.717, 1.165) is 55.9 Å². The van der Waals surface area contributed by atoms with Crippen molar-refractivity contribution in [2.75, 3.05) is 39.3 Å². The number of aromatic nitrogens is 4. The highest BCUT2D eigenvalue weighted by Crippen LogP contribution is 2.32. The van der Waals surface area contributed by atoms with Crippen molar-refractivity contribution in [1.29, 1.82) is 10.5 Å². The van der Waals surface area contributed by atoms with Gasteiger partial charge in [0.1, 0.15) is 12.1 Å². The average Bonchev–Trinajstić information content (AvgIpc) is 3.21. The van der Waals surface area contributed by atoms with Crippen LogP contribution in [0.5, 0.6) is 0 Å². The minimum Gasteiger partial charge on any atom is -0.337 e. The lowest BCUT2D eigenvalue weighted by atomic mass is 10.1. The second-order valence-electron chi connectivity index (χ2n) is 13.7. The number of rotatable bonds is 7. The van der Waals surface area contributed by atoms with Crippen LogP contribution >= 0.6 is 0 Å². The molecule has 1 N–H and O–H groups in total. The molecule has 0 saturated carbocycles. The molecule has 4 aromatic rings. The number of carbonyl (C=O) groups excluding carboxylic acids is 3. The molecule has 6 rings (SSSR count). The van der Waals surface area contributed by atoms with Crippen molar-refractivity contribution in [3.05, 3.63) is 118 Å². The molecule has 2 amide bonds. The quantitative estimate of drug-likeness (QED) is 0.199. The van der Waals surface area contributed by atoms with Gasteiger partial charge in [-0.2, -0.15) is 36.9 Å². The van der Waals surface area contributed by atoms with Gasteiger partial charge in [0.2, 0.25) is 11.8 Å². The summed E-state index contributed by atoms with van der Waals surface area (Å²) in [5.74, 6) is 0.00675. The Morgan fingerprint density at radius 3 is 1.80 bits per heavy atom. The Kier molecular flexibility index (Phi) is 16.1. The highest BCUT2D eigenvalue weighted by molar-refractivity contribution is 5.80. The first-order valence-corrected chi connectivity index (χ1v) is 18.2. The first-order chi connectivity index (χ1) is 28.0. The lowest BCUT2D eigenvalue weighted by Crippen LogP contribution is -2.54. The summed E-state index contributed by atoms with van der Waals surface area (Å²) in [6, 6.07) is 9.21. The molecule has 0 bridgehead atoms. The summed E-state index contributed by atoms with van der Waals surface area (Å²) in [5, 5.41) is 21.0. The molecule has 2 aliphatic rings. The molecule has 6 heterocycles. The number of hydrogen-bond donors (Lipinski definition) is 1. The van der Waals surface area contributed by atoms with Gasteiger partial charge >= 0.3 is 12.4 Å². The van der Waals surface area contributed by atoms with Gasteiger partial charge in [-0.05, 0) is 54.8 Å². The number of carbonyl (C=O) groups is 3. The topological polar surface area (TPSA) is 172 Å². The van der Waals surface area contributed by atoms with Crippen molar-refractivity contribution in [2.24, 2.45) is 0 Å². The first-order valence-electron chi connectivity index (χ1n) is 18.2. The van der Waals surface area contributed by atoms with Crippen LogP contribution in [0.15, 0.2) is 73.8 Å². The average molecular weight is 823 g/mol. The van der Waals surface area contributed by atoms with Crippen molar-refractivity contribution >= 4 is 18.1 Å². The molecule has 13 nitrogen and oxygen atoms in total. The molecule has 19 heteroatoms. The molecule has 2 fully saturated rings. The van der Waals surface area contributed by atoms with Gasteiger partial charge in [0, 0.05) is 113 Å². The van der Waals surface area contributed by atoms with Crippen molar-refractivity contribution in [2.45, 2.75) is 57.7 Å². The van der Waals surface area contributed by atoms with E-state index in [4.69, 9.17) is 10.5 Å². The summed E-state index contributed by atoms with van der Waals surface area (Å²) in [6.45, 7) is 7.82. The Labute approximate surface area is 336 Å². The maximum absolute atomic E-state index is 13.2. The number of aldehydes is 1. The monoisotopic (exact) mass is 822 g/mol. The van der Waals surface area contributed by atoms with E-state index >= 15 is 0 Å². The Bertz CT molecular complexity index is 2150. The number of nitrogens with zero attached hydrogens (tertiary/aromatic N) is 9. The van der Waals surface area contributed by atoms with Gasteiger partial charge in [0.25, 0.3) is 0 Å². The maximum Gasteiger partial charge on any atom is 0.417 e. The number of alkyl halides is 6. The normalized spacial score (nSPS) is 16.9. The minimum absolute atomic E-state index is 0.0913. The van der Waals surface area contributed by atoms with E-state index in [0.29, 0.717) is 42.7 Å². The summed E-state index contributed by atoms with van der Waals surface area (Å²) >= 11 is 0. The van der Waals surface area contributed by atoms with E-state index in [-0.39, 0.29) is 48.7 Å². The Balaban J connectivity index is 0.000000217. The van der Waals surface area contributed by atoms with Crippen LogP contribution < -0.4 is 5.32 Å². The zero-order valence-corrected chi connectivity index (χ0v) is 32.0. The fraction of sp³-hybridized carbons (Fsp3) is 0.375. The number of nitriles is 2. The third-order valence-corrected chi connectivity index (χ3v) is 9.30. The van der Waals surface area contributed by atoms with Crippen molar-refractivity contribution in [3.63, 3.8) is 0 Å². The molecule has 0 radical (unpaired) electrons. The SMILES string of the molecule is C[C@@H]1CN(Cc2cnccc2C(F)(F)F)CCN1C(=O)Cc1cncc(C#N)c1.C[C@@H]1CNCCN1C(=O)Cc1cncc(C#N)c1.O=Cc1cnccc1C(F)(F)F. The van der Waals surface area contributed by atoms with Gasteiger partial charge < -0.3 is 15.1 Å². The molecule has 2 saturated heterocycles. The second-order valence-corrected chi connectivity index (χ2v) is 13.7. The fourth-order valence-electron chi connectivity index (χ4n) is 6.43. The predicted molar refractivity (Wildman–Crippen MR) is 200 cm³/mol. The summed E-state index contributed by atoms with van der Waals surface area (Å²) in [4.78, 5) is 55.6. The van der Waals surface area contributed by atoms with E-state index in [2.05, 4.69) is 25.3 Å². The van der Waals surface area contributed by atoms with Crippen LogP contribution in [0.25, 0.3) is 0 Å². The van der Waals surface area contributed by atoms with Crippen molar-refractivity contribution in [3.8, 4) is 12.1 Å². The molecule has 0 aliphatic carbocycles. The zero-order chi connectivity index (χ0) is 43.2. The Morgan fingerprint density at radius 1 is 0.763 bits per heavy atom. The van der Waals surface area contributed by atoms with Crippen LogP contribution in [0.4, 0.5) is 26.3 Å². The van der Waals surface area contributed by atoms with E-state index in [1.807, 2.05) is 35.8 Å². The molecule has 4 aromatic heterocycles. The summed E-state index contributed by atoms with van der Waals surface area (Å²) < 4.78 is 75.7. The van der Waals surface area contributed by atoms with Crippen LogP contribution in [0, 0.1) is 22.7 Å². The van der Waals surface area contributed by atoms with Crippen molar-refractivity contribution in [1.82, 2.24) is 40.0 Å². The van der Waals surface area contributed by atoms with Crippen LogP contribution in [0.2, 0.25) is 0 Å². The Hall–Kier alpha value is -6.31. The highest BCUT2D eigenvalue weighted by Gasteiger charge is 2.35. The van der Waals surface area contributed by atoms with Crippen LogP contribution in [0.3, 0.4) is 0 Å². The lowest BCUT2D eigenvalue weighted by molar-refractivity contribution is -0.139. The first kappa shape index (κ1) is 45.4. The van der Waals surface area contributed by atoms with E-state index in [9.17, 15) is 40.7 Å². The molecule has 59 heavy (non-hydrogen) atoms. The predicted octanol–water partition coefficient (Wildman–Crippen LogP) is 4.87. The number of piperazine rings is 2. The minimum atomic E-state index is -4.49. The second kappa shape index (κ2) is 20.9. The molecule has 0 aromatic carbocycles. The standard InChI is InChI=1S/C20H20F3N5O.C13H16N4O.C7H4F3NO/c1-14-12-27(13-17-11-25-3-2-18(17)20(21,22)23)4-5-28(14)19(29)7-15-6-16(8-24)10-26-9-15;1-10-7-15-2-3-17(10)13(18)5-11-4-12(6-14)9-16-8-11;8-7(9,10)6-1-2-11-3-5(6)4-12/h2-3,6,9-11,14H,4-5,7,12-13H2,1H3;4,8-10,15H,2-3,5,7H2,1H3;1-4H/t14-;10-;/m11./s1. The smallest absolute Gasteiger partial charge is 0.337 e. The molecule has 0 unspecified atom stereocenters. The molecular weight excluding hydrogens is 782 g/mol. The number of pyridine rings is 4. The van der Waals surface area contributed by atoms with Gasteiger partial charge in [0.15, 0.2) is 6.29 Å². The zero-order valence-electron chi connectivity index (χ0n) is 32.0. The van der Waals surface area contributed by atoms with Gasteiger partial charge in [0.05, 0.1) is 35.1 Å². The highest BCUT2D eigenvalue weighted by atomic mass is 19.4. The molecule has 2 aliphatic heterocycles. The number of halogens is 6. The molecule has 2 atom stereocenters. The largest absolute Gasteiger partial charge is 0.417 e. The van der Waals surface area contributed by atoms with Crippen LogP contribution in [-0.4, -0.2) is 104 Å². The van der Waals surface area contributed by atoms with E-state index in [1.54, 1.807) is 29.4 Å². The van der Waals surface area contributed by atoms with Crippen LogP contribution in [0.1, 0.15) is 63.1 Å². The number of hydrogen-bond acceptors (Lipinski definition) is 11. The Morgan fingerprint density at radius 2 is 1.31 bits per heavy atom. The fourth-order valence-corrected chi connectivity index (χ4v) is 6.43. The van der Waals surface area contributed by atoms with E-state index in [1.165, 1.54) is 18.6 Å². The molecule has 0 spiro atoms.